The topological polar surface area (TPSA) is 75.1 Å². The van der Waals surface area contributed by atoms with E-state index in [1.54, 1.807) is 0 Å². The van der Waals surface area contributed by atoms with Crippen LogP contribution in [0.4, 0.5) is 5.82 Å². The number of rotatable bonds is 4. The summed E-state index contributed by atoms with van der Waals surface area (Å²) < 4.78 is 0. The fraction of sp³-hybridized carbons (Fsp3) is 0.615. The number of carbonyl (C=O) groups is 1. The molecule has 0 aliphatic heterocycles. The van der Waals surface area contributed by atoms with Gasteiger partial charge in [-0.1, -0.05) is 20.3 Å². The second-order valence-electron chi connectivity index (χ2n) is 5.11. The van der Waals surface area contributed by atoms with Crippen molar-refractivity contribution in [3.8, 4) is 0 Å². The molecule has 0 saturated heterocycles. The SMILES string of the molecule is CC(C)c1cc(NC2CCCC2C(=O)O)ncn1. The lowest BCUT2D eigenvalue weighted by Crippen LogP contribution is -2.30. The number of hydrogen-bond donors (Lipinski definition) is 2. The van der Waals surface area contributed by atoms with E-state index in [0.29, 0.717) is 5.92 Å². The standard InChI is InChI=1S/C13H19N3O2/c1-8(2)11-6-12(15-7-14-11)16-10-5-3-4-9(10)13(17)18/h6-10H,3-5H2,1-2H3,(H,17,18)(H,14,15,16). The molecule has 1 heterocycles. The maximum atomic E-state index is 11.1. The summed E-state index contributed by atoms with van der Waals surface area (Å²) >= 11 is 0. The first-order valence-corrected chi connectivity index (χ1v) is 6.39. The Labute approximate surface area is 107 Å². The maximum Gasteiger partial charge on any atom is 0.308 e. The molecule has 0 bridgehead atoms. The first-order chi connectivity index (χ1) is 8.58. The molecular formula is C13H19N3O2. The van der Waals surface area contributed by atoms with Gasteiger partial charge in [-0.2, -0.15) is 0 Å². The molecule has 5 nitrogen and oxygen atoms in total. The van der Waals surface area contributed by atoms with Crippen molar-refractivity contribution in [3.63, 3.8) is 0 Å². The molecule has 1 aromatic heterocycles. The molecular weight excluding hydrogens is 230 g/mol. The van der Waals surface area contributed by atoms with E-state index >= 15 is 0 Å². The Bertz CT molecular complexity index is 434. The van der Waals surface area contributed by atoms with Gasteiger partial charge in [-0.05, 0) is 18.8 Å². The third-order valence-electron chi connectivity index (χ3n) is 3.45. The molecule has 0 radical (unpaired) electrons. The first-order valence-electron chi connectivity index (χ1n) is 6.39. The first kappa shape index (κ1) is 12.8. The van der Waals surface area contributed by atoms with E-state index in [0.717, 1.165) is 30.8 Å². The van der Waals surface area contributed by atoms with Gasteiger partial charge in [0.25, 0.3) is 0 Å². The van der Waals surface area contributed by atoms with E-state index in [4.69, 9.17) is 5.11 Å². The van der Waals surface area contributed by atoms with E-state index in [9.17, 15) is 4.79 Å². The third kappa shape index (κ3) is 2.78. The van der Waals surface area contributed by atoms with Gasteiger partial charge in [0.05, 0.1) is 5.92 Å². The number of aromatic nitrogens is 2. The van der Waals surface area contributed by atoms with Crippen LogP contribution in [0.2, 0.25) is 0 Å². The minimum absolute atomic E-state index is 0.0163. The molecule has 0 spiro atoms. The summed E-state index contributed by atoms with van der Waals surface area (Å²) in [7, 11) is 0. The molecule has 18 heavy (non-hydrogen) atoms. The van der Waals surface area contributed by atoms with E-state index < -0.39 is 5.97 Å². The highest BCUT2D eigenvalue weighted by Gasteiger charge is 2.33. The largest absolute Gasteiger partial charge is 0.481 e. The second-order valence-corrected chi connectivity index (χ2v) is 5.11. The van der Waals surface area contributed by atoms with Crippen LogP contribution in [-0.2, 0) is 4.79 Å². The van der Waals surface area contributed by atoms with Crippen molar-refractivity contribution >= 4 is 11.8 Å². The maximum absolute atomic E-state index is 11.1. The zero-order valence-electron chi connectivity index (χ0n) is 10.8. The predicted octanol–water partition coefficient (Wildman–Crippen LogP) is 2.27. The number of anilines is 1. The van der Waals surface area contributed by atoms with Crippen LogP contribution in [0.5, 0.6) is 0 Å². The Balaban J connectivity index is 2.09. The van der Waals surface area contributed by atoms with Crippen LogP contribution in [-0.4, -0.2) is 27.1 Å². The summed E-state index contributed by atoms with van der Waals surface area (Å²) in [5.41, 5.74) is 0.970. The lowest BCUT2D eigenvalue weighted by molar-refractivity contribution is -0.141. The second kappa shape index (κ2) is 5.33. The average Bonchev–Trinajstić information content (AvgIpc) is 2.77. The zero-order chi connectivity index (χ0) is 13.1. The van der Waals surface area contributed by atoms with Crippen molar-refractivity contribution in [1.29, 1.82) is 0 Å². The van der Waals surface area contributed by atoms with Crippen molar-refractivity contribution in [1.82, 2.24) is 9.97 Å². The fourth-order valence-corrected chi connectivity index (χ4v) is 2.39. The van der Waals surface area contributed by atoms with Crippen LogP contribution >= 0.6 is 0 Å². The highest BCUT2D eigenvalue weighted by molar-refractivity contribution is 5.72. The molecule has 0 amide bonds. The van der Waals surface area contributed by atoms with Crippen molar-refractivity contribution in [2.45, 2.75) is 45.1 Å². The van der Waals surface area contributed by atoms with Gasteiger partial charge >= 0.3 is 5.97 Å². The Morgan fingerprint density at radius 1 is 1.44 bits per heavy atom. The highest BCUT2D eigenvalue weighted by Crippen LogP contribution is 2.28. The predicted molar refractivity (Wildman–Crippen MR) is 68.5 cm³/mol. The lowest BCUT2D eigenvalue weighted by Gasteiger charge is -2.18. The van der Waals surface area contributed by atoms with Crippen molar-refractivity contribution in [3.05, 3.63) is 18.1 Å². The number of carboxylic acid groups (broad SMARTS) is 1. The zero-order valence-corrected chi connectivity index (χ0v) is 10.8. The van der Waals surface area contributed by atoms with Crippen LogP contribution < -0.4 is 5.32 Å². The summed E-state index contributed by atoms with van der Waals surface area (Å²) in [5.74, 6) is 0.0462. The number of carboxylic acids is 1. The van der Waals surface area contributed by atoms with Crippen LogP contribution in [0, 0.1) is 5.92 Å². The Morgan fingerprint density at radius 3 is 2.89 bits per heavy atom. The highest BCUT2D eigenvalue weighted by atomic mass is 16.4. The molecule has 1 saturated carbocycles. The molecule has 1 fully saturated rings. The van der Waals surface area contributed by atoms with Crippen LogP contribution in [0.15, 0.2) is 12.4 Å². The quantitative estimate of drug-likeness (QED) is 0.856. The van der Waals surface area contributed by atoms with Gasteiger partial charge in [-0.25, -0.2) is 9.97 Å². The number of nitrogens with zero attached hydrogens (tertiary/aromatic N) is 2. The normalized spacial score (nSPS) is 23.3. The summed E-state index contributed by atoms with van der Waals surface area (Å²) in [6.45, 7) is 4.14. The smallest absolute Gasteiger partial charge is 0.308 e. The van der Waals surface area contributed by atoms with Gasteiger partial charge < -0.3 is 10.4 Å². The minimum atomic E-state index is -0.719. The van der Waals surface area contributed by atoms with Gasteiger partial charge in [-0.3, -0.25) is 4.79 Å². The summed E-state index contributed by atoms with van der Waals surface area (Å²) in [6, 6.07) is 1.89. The molecule has 1 aliphatic carbocycles. The molecule has 2 N–H and O–H groups in total. The monoisotopic (exact) mass is 249 g/mol. The van der Waals surface area contributed by atoms with Crippen molar-refractivity contribution in [2.75, 3.05) is 5.32 Å². The molecule has 5 heteroatoms. The fourth-order valence-electron chi connectivity index (χ4n) is 2.39. The van der Waals surface area contributed by atoms with Gasteiger partial charge in [-0.15, -0.1) is 0 Å². The average molecular weight is 249 g/mol. The van der Waals surface area contributed by atoms with E-state index in [-0.39, 0.29) is 12.0 Å². The number of nitrogens with one attached hydrogen (secondary N) is 1. The van der Waals surface area contributed by atoms with Crippen LogP contribution in [0.25, 0.3) is 0 Å². The molecule has 0 aromatic carbocycles. The number of hydrogen-bond acceptors (Lipinski definition) is 4. The van der Waals surface area contributed by atoms with Gasteiger partial charge in [0.2, 0.25) is 0 Å². The van der Waals surface area contributed by atoms with Crippen LogP contribution in [0.3, 0.4) is 0 Å². The summed E-state index contributed by atoms with van der Waals surface area (Å²) in [6.07, 6.45) is 4.12. The van der Waals surface area contributed by atoms with E-state index in [2.05, 4.69) is 29.1 Å². The molecule has 2 unspecified atom stereocenters. The summed E-state index contributed by atoms with van der Waals surface area (Å²) in [4.78, 5) is 19.5. The van der Waals surface area contributed by atoms with Gasteiger partial charge in [0.1, 0.15) is 12.1 Å². The Morgan fingerprint density at radius 2 is 2.22 bits per heavy atom. The molecule has 2 atom stereocenters. The molecule has 1 aromatic rings. The molecule has 98 valence electrons. The lowest BCUT2D eigenvalue weighted by atomic mass is 10.0. The minimum Gasteiger partial charge on any atom is -0.481 e. The van der Waals surface area contributed by atoms with E-state index in [1.807, 2.05) is 6.07 Å². The Kier molecular flexibility index (Phi) is 3.79. The molecule has 1 aliphatic rings. The molecule has 2 rings (SSSR count). The van der Waals surface area contributed by atoms with Crippen LogP contribution in [0.1, 0.15) is 44.7 Å². The van der Waals surface area contributed by atoms with Crippen molar-refractivity contribution in [2.24, 2.45) is 5.92 Å². The van der Waals surface area contributed by atoms with Gasteiger partial charge in [0, 0.05) is 17.8 Å². The van der Waals surface area contributed by atoms with Crippen molar-refractivity contribution < 1.29 is 9.90 Å². The number of aliphatic carboxylic acids is 1. The Hall–Kier alpha value is -1.65. The van der Waals surface area contributed by atoms with E-state index in [1.165, 1.54) is 6.33 Å². The third-order valence-corrected chi connectivity index (χ3v) is 3.45. The van der Waals surface area contributed by atoms with Gasteiger partial charge in [0.15, 0.2) is 0 Å². The summed E-state index contributed by atoms with van der Waals surface area (Å²) in [5, 5.41) is 12.4.